The van der Waals surface area contributed by atoms with Crippen molar-refractivity contribution in [3.8, 4) is 0 Å². The Kier molecular flexibility index (Phi) is 4.26. The average Bonchev–Trinajstić information content (AvgIpc) is 3.35. The smallest absolute Gasteiger partial charge is 0.287 e. The second-order valence-electron chi connectivity index (χ2n) is 7.31. The molecule has 1 fully saturated rings. The number of anilines is 1. The highest BCUT2D eigenvalue weighted by Gasteiger charge is 2.30. The number of imidazole rings is 1. The Morgan fingerprint density at radius 3 is 2.54 bits per heavy atom. The van der Waals surface area contributed by atoms with Gasteiger partial charge in [-0.15, -0.1) is 0 Å². The van der Waals surface area contributed by atoms with E-state index in [1.807, 2.05) is 36.6 Å². The van der Waals surface area contributed by atoms with Crippen molar-refractivity contribution < 1.29 is 9.59 Å². The predicted octanol–water partition coefficient (Wildman–Crippen LogP) is 2.98. The number of fused-ring (bicyclic) bond motifs is 1. The van der Waals surface area contributed by atoms with Crippen molar-refractivity contribution in [2.24, 2.45) is 0 Å². The van der Waals surface area contributed by atoms with Crippen LogP contribution in [0.25, 0.3) is 0 Å². The van der Waals surface area contributed by atoms with E-state index in [2.05, 4.69) is 15.6 Å². The van der Waals surface area contributed by atoms with Gasteiger partial charge in [-0.2, -0.15) is 0 Å². The number of rotatable bonds is 4. The summed E-state index contributed by atoms with van der Waals surface area (Å²) in [5, 5.41) is 5.99. The van der Waals surface area contributed by atoms with Crippen molar-refractivity contribution in [2.45, 2.75) is 58.5 Å². The Balaban J connectivity index is 1.66. The molecule has 2 amide bonds. The molecule has 0 saturated heterocycles. The van der Waals surface area contributed by atoms with E-state index >= 15 is 0 Å². The lowest BCUT2D eigenvalue weighted by atomic mass is 10.1. The van der Waals surface area contributed by atoms with Crippen LogP contribution in [0.1, 0.15) is 63.6 Å². The molecule has 2 aromatic rings. The van der Waals surface area contributed by atoms with Crippen LogP contribution in [0.5, 0.6) is 0 Å². The number of para-hydroxylation sites is 1. The summed E-state index contributed by atoms with van der Waals surface area (Å²) in [6, 6.07) is 6.18. The predicted molar refractivity (Wildman–Crippen MR) is 99.5 cm³/mol. The molecule has 0 bridgehead atoms. The number of nitrogens with zero attached hydrogens (tertiary/aromatic N) is 2. The lowest BCUT2D eigenvalue weighted by Gasteiger charge is -2.17. The molecule has 6 heteroatoms. The Morgan fingerprint density at radius 2 is 1.85 bits per heavy atom. The van der Waals surface area contributed by atoms with Crippen molar-refractivity contribution in [2.75, 3.05) is 5.32 Å². The molecule has 6 nitrogen and oxygen atoms in total. The van der Waals surface area contributed by atoms with Crippen LogP contribution in [0.4, 0.5) is 5.69 Å². The third-order valence-corrected chi connectivity index (χ3v) is 5.17. The summed E-state index contributed by atoms with van der Waals surface area (Å²) in [4.78, 5) is 30.0. The van der Waals surface area contributed by atoms with E-state index in [-0.39, 0.29) is 17.9 Å². The van der Waals surface area contributed by atoms with Crippen LogP contribution in [-0.2, 0) is 13.0 Å². The van der Waals surface area contributed by atoms with Gasteiger partial charge in [0.25, 0.3) is 11.8 Å². The molecule has 1 aliphatic heterocycles. The van der Waals surface area contributed by atoms with Crippen molar-refractivity contribution in [1.82, 2.24) is 14.9 Å². The number of hydrogen-bond donors (Lipinski definition) is 2. The summed E-state index contributed by atoms with van der Waals surface area (Å²) < 4.78 is 1.93. The van der Waals surface area contributed by atoms with Gasteiger partial charge in [-0.05, 0) is 57.1 Å². The molecule has 4 rings (SSSR count). The third kappa shape index (κ3) is 3.11. The first kappa shape index (κ1) is 16.8. The number of aryl methyl sites for hydroxylation is 2. The molecule has 1 aliphatic carbocycles. The fourth-order valence-corrected chi connectivity index (χ4v) is 3.56. The van der Waals surface area contributed by atoms with Gasteiger partial charge in [0.05, 0.1) is 5.69 Å². The molecule has 0 unspecified atom stereocenters. The average molecular weight is 352 g/mol. The molecule has 0 atom stereocenters. The topological polar surface area (TPSA) is 76.0 Å². The quantitative estimate of drug-likeness (QED) is 0.888. The van der Waals surface area contributed by atoms with Gasteiger partial charge in [-0.1, -0.05) is 18.2 Å². The first-order valence-corrected chi connectivity index (χ1v) is 9.32. The largest absolute Gasteiger partial charge is 0.347 e. The normalized spacial score (nSPS) is 16.1. The van der Waals surface area contributed by atoms with Gasteiger partial charge >= 0.3 is 0 Å². The van der Waals surface area contributed by atoms with Crippen molar-refractivity contribution in [3.05, 3.63) is 46.5 Å². The number of aromatic nitrogens is 2. The molecular weight excluding hydrogens is 328 g/mol. The minimum Gasteiger partial charge on any atom is -0.347 e. The summed E-state index contributed by atoms with van der Waals surface area (Å²) in [7, 11) is 0. The number of carbonyl (C=O) groups is 2. The first-order chi connectivity index (χ1) is 12.5. The monoisotopic (exact) mass is 352 g/mol. The lowest BCUT2D eigenvalue weighted by Crippen LogP contribution is -2.29. The molecule has 2 N–H and O–H groups in total. The van der Waals surface area contributed by atoms with Crippen molar-refractivity contribution >= 4 is 17.5 Å². The van der Waals surface area contributed by atoms with Crippen LogP contribution in [-0.4, -0.2) is 27.4 Å². The van der Waals surface area contributed by atoms with Gasteiger partial charge in [-0.25, -0.2) is 4.98 Å². The van der Waals surface area contributed by atoms with Gasteiger partial charge < -0.3 is 15.2 Å². The third-order valence-electron chi connectivity index (χ3n) is 5.17. The highest BCUT2D eigenvalue weighted by molar-refractivity contribution is 6.05. The molecule has 136 valence electrons. The molecule has 26 heavy (non-hydrogen) atoms. The summed E-state index contributed by atoms with van der Waals surface area (Å²) >= 11 is 0. The van der Waals surface area contributed by atoms with Crippen molar-refractivity contribution in [1.29, 1.82) is 0 Å². The number of amides is 2. The van der Waals surface area contributed by atoms with Gasteiger partial charge in [0.1, 0.15) is 0 Å². The van der Waals surface area contributed by atoms with E-state index in [0.717, 1.165) is 61.2 Å². The highest BCUT2D eigenvalue weighted by Crippen LogP contribution is 2.25. The summed E-state index contributed by atoms with van der Waals surface area (Å²) in [6.07, 6.45) is 4.85. The van der Waals surface area contributed by atoms with E-state index in [1.165, 1.54) is 0 Å². The Bertz CT molecular complexity index is 860. The van der Waals surface area contributed by atoms with Gasteiger partial charge in [0.15, 0.2) is 11.5 Å². The molecule has 0 spiro atoms. The second-order valence-corrected chi connectivity index (χ2v) is 7.31. The molecule has 2 aliphatic rings. The van der Waals surface area contributed by atoms with E-state index < -0.39 is 0 Å². The molecule has 1 saturated carbocycles. The molecule has 0 radical (unpaired) electrons. The van der Waals surface area contributed by atoms with Crippen LogP contribution >= 0.6 is 0 Å². The zero-order valence-corrected chi connectivity index (χ0v) is 15.3. The Hall–Kier alpha value is -2.63. The van der Waals surface area contributed by atoms with Crippen LogP contribution < -0.4 is 10.6 Å². The van der Waals surface area contributed by atoms with Gasteiger partial charge in [0.2, 0.25) is 0 Å². The fourth-order valence-electron chi connectivity index (χ4n) is 3.56. The number of nitrogens with one attached hydrogen (secondary N) is 2. The lowest BCUT2D eigenvalue weighted by molar-refractivity contribution is 0.0935. The minimum atomic E-state index is -0.237. The van der Waals surface area contributed by atoms with E-state index in [1.54, 1.807) is 0 Å². The van der Waals surface area contributed by atoms with Crippen molar-refractivity contribution in [3.63, 3.8) is 0 Å². The Labute approximate surface area is 153 Å². The Morgan fingerprint density at radius 1 is 1.12 bits per heavy atom. The van der Waals surface area contributed by atoms with E-state index in [4.69, 9.17) is 0 Å². The minimum absolute atomic E-state index is 0.165. The summed E-state index contributed by atoms with van der Waals surface area (Å²) in [5.41, 5.74) is 4.10. The maximum absolute atomic E-state index is 12.9. The molecular formula is C20H24N4O2. The van der Waals surface area contributed by atoms with Crippen LogP contribution in [0.2, 0.25) is 0 Å². The number of benzene rings is 1. The van der Waals surface area contributed by atoms with E-state index in [0.29, 0.717) is 11.5 Å². The maximum Gasteiger partial charge on any atom is 0.287 e. The summed E-state index contributed by atoms with van der Waals surface area (Å²) in [5.74, 6) is -0.0291. The molecule has 1 aromatic carbocycles. The SMILES string of the molecule is Cc1cccc(C)c1NC(=O)c1nc(C(=O)NC2CC2)n2c1CCCC2. The molecule has 1 aromatic heterocycles. The van der Waals surface area contributed by atoms with Crippen LogP contribution in [0.3, 0.4) is 0 Å². The fraction of sp³-hybridized carbons (Fsp3) is 0.450. The summed E-state index contributed by atoms with van der Waals surface area (Å²) in [6.45, 7) is 4.69. The zero-order valence-electron chi connectivity index (χ0n) is 15.3. The van der Waals surface area contributed by atoms with Crippen LogP contribution in [0.15, 0.2) is 18.2 Å². The first-order valence-electron chi connectivity index (χ1n) is 9.32. The highest BCUT2D eigenvalue weighted by atomic mass is 16.2. The van der Waals surface area contributed by atoms with E-state index in [9.17, 15) is 9.59 Å². The van der Waals surface area contributed by atoms with Gasteiger partial charge in [0, 0.05) is 18.3 Å². The van der Waals surface area contributed by atoms with Crippen LogP contribution in [0, 0.1) is 13.8 Å². The standard InChI is InChI=1S/C20H24N4O2/c1-12-6-5-7-13(2)16(12)23-19(25)17-15-8-3-4-11-24(15)18(22-17)20(26)21-14-9-10-14/h5-7,14H,3-4,8-11H2,1-2H3,(H,21,26)(H,23,25). The number of hydrogen-bond acceptors (Lipinski definition) is 3. The molecule has 2 heterocycles. The maximum atomic E-state index is 12.9. The zero-order chi connectivity index (χ0) is 18.3. The van der Waals surface area contributed by atoms with Gasteiger partial charge in [-0.3, -0.25) is 9.59 Å². The second kappa shape index (κ2) is 6.59. The number of carbonyl (C=O) groups excluding carboxylic acids is 2.